The quantitative estimate of drug-likeness (QED) is 0.1000. The van der Waals surface area contributed by atoms with E-state index in [9.17, 15) is 14.7 Å². The standard InChI is InChI=1S/C40H57N6O9P/c1-22(2)29(34(48)52-20-37(3,4)5)45-56(50,55-27-18-25(39(9,10)11)16-23-14-15-24(17-26(23)27)38(6,7)8)53-19-28-31(47)40(12,49)35(54-28)46-21-42-30-32(46)43-36(41)44-33(30)51-13/h14-18,21-22,28-29,35,49H,19-20H2,1-13H3,(H,45,50)(H2,41,43,44). The summed E-state index contributed by atoms with van der Waals surface area (Å²) in [5.41, 5.74) is 5.21. The largest absolute Gasteiger partial charge is 0.479 e. The molecule has 0 radical (unpaired) electrons. The predicted molar refractivity (Wildman–Crippen MR) is 214 cm³/mol. The minimum atomic E-state index is -4.60. The molecule has 2 aromatic heterocycles. The molecule has 0 amide bonds. The van der Waals surface area contributed by atoms with Crippen molar-refractivity contribution in [2.75, 3.05) is 26.1 Å². The maximum Gasteiger partial charge on any atom is 0.459 e. The Balaban J connectivity index is 1.56. The van der Waals surface area contributed by atoms with E-state index in [-0.39, 0.29) is 51.6 Å². The molecule has 5 unspecified atom stereocenters. The number of hydrogen-bond acceptors (Lipinski definition) is 13. The number of carbonyl (C=O) groups excluding carboxylic acids is 2. The Morgan fingerprint density at radius 3 is 2.30 bits per heavy atom. The number of hydrogen-bond donors (Lipinski definition) is 3. The number of imidazole rings is 1. The molecule has 1 aliphatic rings. The number of nitrogen functional groups attached to an aromatic ring is 1. The smallest absolute Gasteiger partial charge is 0.459 e. The Morgan fingerprint density at radius 2 is 1.71 bits per heavy atom. The summed E-state index contributed by atoms with van der Waals surface area (Å²) < 4.78 is 46.3. The Bertz CT molecular complexity index is 2160. The molecular weight excluding hydrogens is 739 g/mol. The SMILES string of the molecule is COc1nc(N)nc2c1ncn2C1OC(COP(=O)(NC(C(=O)OCC(C)(C)C)C(C)C)Oc2cc(C(C)(C)C)cc3ccc(C(C)(C)C)cc23)C(=O)C1(C)O. The number of carbonyl (C=O) groups is 2. The monoisotopic (exact) mass is 796 g/mol. The highest BCUT2D eigenvalue weighted by molar-refractivity contribution is 7.52. The van der Waals surface area contributed by atoms with Crippen LogP contribution in [-0.4, -0.2) is 74.4 Å². The van der Waals surface area contributed by atoms with Crippen LogP contribution < -0.4 is 20.1 Å². The number of nitrogens with two attached hydrogens (primary N) is 1. The van der Waals surface area contributed by atoms with Crippen LogP contribution in [0.25, 0.3) is 21.9 Å². The first kappa shape index (κ1) is 43.0. The minimum absolute atomic E-state index is 0.0951. The lowest BCUT2D eigenvalue weighted by Crippen LogP contribution is -2.43. The number of anilines is 1. The van der Waals surface area contributed by atoms with Crippen LogP contribution in [0.1, 0.15) is 100 Å². The van der Waals surface area contributed by atoms with E-state index in [1.165, 1.54) is 24.9 Å². The lowest BCUT2D eigenvalue weighted by Gasteiger charge is -2.29. The van der Waals surface area contributed by atoms with Gasteiger partial charge in [0.1, 0.15) is 17.9 Å². The van der Waals surface area contributed by atoms with Crippen LogP contribution in [0.3, 0.4) is 0 Å². The molecule has 0 aliphatic carbocycles. The molecule has 16 heteroatoms. The van der Waals surface area contributed by atoms with Crippen LogP contribution in [0, 0.1) is 11.3 Å². The Labute approximate surface area is 328 Å². The summed E-state index contributed by atoms with van der Waals surface area (Å²) in [5, 5.41) is 15.9. The van der Waals surface area contributed by atoms with Crippen LogP contribution in [0.2, 0.25) is 0 Å². The maximum atomic E-state index is 15.3. The predicted octanol–water partition coefficient (Wildman–Crippen LogP) is 6.79. The van der Waals surface area contributed by atoms with Crippen molar-refractivity contribution < 1.29 is 42.5 Å². The average Bonchev–Trinajstić information content (AvgIpc) is 3.59. The van der Waals surface area contributed by atoms with Crippen molar-refractivity contribution in [3.05, 3.63) is 47.8 Å². The number of aromatic nitrogens is 4. The third-order valence-electron chi connectivity index (χ3n) is 9.55. The van der Waals surface area contributed by atoms with Gasteiger partial charge in [0.05, 0.1) is 26.7 Å². The lowest BCUT2D eigenvalue weighted by atomic mass is 9.83. The summed E-state index contributed by atoms with van der Waals surface area (Å²) in [4.78, 5) is 40.0. The molecule has 0 spiro atoms. The van der Waals surface area contributed by atoms with Gasteiger partial charge >= 0.3 is 13.7 Å². The van der Waals surface area contributed by atoms with Gasteiger partial charge in [-0.15, -0.1) is 0 Å². The van der Waals surface area contributed by atoms with E-state index in [0.29, 0.717) is 5.39 Å². The van der Waals surface area contributed by atoms with Gasteiger partial charge in [0, 0.05) is 5.39 Å². The highest BCUT2D eigenvalue weighted by Gasteiger charge is 2.54. The molecule has 1 aliphatic heterocycles. The number of ether oxygens (including phenoxy) is 3. The van der Waals surface area contributed by atoms with E-state index in [1.807, 2.05) is 39.0 Å². The molecule has 1 saturated heterocycles. The fourth-order valence-corrected chi connectivity index (χ4v) is 7.84. The van der Waals surface area contributed by atoms with Gasteiger partial charge in [0.2, 0.25) is 11.8 Å². The van der Waals surface area contributed by atoms with Crippen LogP contribution in [0.15, 0.2) is 36.7 Å². The van der Waals surface area contributed by atoms with Crippen LogP contribution in [-0.2, 0) is 39.0 Å². The molecule has 0 bridgehead atoms. The van der Waals surface area contributed by atoms with Crippen molar-refractivity contribution in [1.29, 1.82) is 0 Å². The van der Waals surface area contributed by atoms with Crippen molar-refractivity contribution in [2.24, 2.45) is 11.3 Å². The second kappa shape index (κ2) is 15.3. The number of aliphatic hydroxyl groups is 1. The van der Waals surface area contributed by atoms with E-state index in [0.717, 1.165) is 16.5 Å². The van der Waals surface area contributed by atoms with Gasteiger partial charge in [-0.3, -0.25) is 18.7 Å². The molecule has 306 valence electrons. The molecule has 2 aromatic carbocycles. The number of methoxy groups -OCH3 is 1. The highest BCUT2D eigenvalue weighted by atomic mass is 31.2. The van der Waals surface area contributed by atoms with Crippen molar-refractivity contribution in [3.63, 3.8) is 0 Å². The molecule has 4 aromatic rings. The number of nitrogens with zero attached hydrogens (tertiary/aromatic N) is 4. The normalized spacial score (nSPS) is 21.1. The fraction of sp³-hybridized carbons (Fsp3) is 0.575. The summed E-state index contributed by atoms with van der Waals surface area (Å²) >= 11 is 0. The molecule has 1 fully saturated rings. The van der Waals surface area contributed by atoms with E-state index >= 15 is 4.57 Å². The number of esters is 1. The molecular formula is C40H57N6O9P. The van der Waals surface area contributed by atoms with Gasteiger partial charge in [0.15, 0.2) is 28.8 Å². The van der Waals surface area contributed by atoms with Crippen LogP contribution in [0.4, 0.5) is 5.95 Å². The topological polar surface area (TPSA) is 199 Å². The van der Waals surface area contributed by atoms with Gasteiger partial charge in [-0.2, -0.15) is 15.1 Å². The number of benzene rings is 2. The summed E-state index contributed by atoms with van der Waals surface area (Å²) in [6.45, 7) is 22.6. The highest BCUT2D eigenvalue weighted by Crippen LogP contribution is 2.50. The lowest BCUT2D eigenvalue weighted by molar-refractivity contribution is -0.149. The third kappa shape index (κ3) is 9.18. The second-order valence-electron chi connectivity index (χ2n) is 18.2. The Hall–Kier alpha value is -4.14. The average molecular weight is 797 g/mol. The third-order valence-corrected chi connectivity index (χ3v) is 11.1. The van der Waals surface area contributed by atoms with Crippen molar-refractivity contribution >= 4 is 47.4 Å². The van der Waals surface area contributed by atoms with Crippen molar-refractivity contribution in [3.8, 4) is 11.6 Å². The van der Waals surface area contributed by atoms with E-state index in [2.05, 4.69) is 73.7 Å². The number of fused-ring (bicyclic) bond motifs is 2. The molecule has 4 N–H and O–H groups in total. The van der Waals surface area contributed by atoms with Crippen molar-refractivity contribution in [1.82, 2.24) is 24.6 Å². The zero-order valence-corrected chi connectivity index (χ0v) is 35.6. The first-order chi connectivity index (χ1) is 25.7. The maximum absolute atomic E-state index is 15.3. The number of nitrogens with one attached hydrogen (secondary N) is 1. The number of Topliss-reactive ketones (excluding diaryl/α,β-unsaturated/α-hetero) is 1. The van der Waals surface area contributed by atoms with Gasteiger partial charge in [-0.1, -0.05) is 94.4 Å². The fourth-order valence-electron chi connectivity index (χ4n) is 6.18. The molecule has 0 saturated carbocycles. The zero-order valence-electron chi connectivity index (χ0n) is 34.7. The molecule has 3 heterocycles. The van der Waals surface area contributed by atoms with Crippen LogP contribution >= 0.6 is 7.75 Å². The summed E-state index contributed by atoms with van der Waals surface area (Å²) in [6, 6.07) is 8.79. The summed E-state index contributed by atoms with van der Waals surface area (Å²) in [7, 11) is -3.20. The molecule has 5 rings (SSSR count). The van der Waals surface area contributed by atoms with E-state index in [1.54, 1.807) is 13.8 Å². The number of ketones is 1. The molecule has 56 heavy (non-hydrogen) atoms. The zero-order chi connectivity index (χ0) is 41.8. The van der Waals surface area contributed by atoms with Crippen LogP contribution in [0.5, 0.6) is 11.6 Å². The number of rotatable bonds is 12. The van der Waals surface area contributed by atoms with Gasteiger partial charge in [0.25, 0.3) is 0 Å². The molecule has 5 atom stereocenters. The first-order valence-electron chi connectivity index (χ1n) is 18.7. The van der Waals surface area contributed by atoms with Gasteiger partial charge < -0.3 is 29.6 Å². The Kier molecular flexibility index (Phi) is 11.8. The van der Waals surface area contributed by atoms with Gasteiger partial charge in [-0.05, 0) is 57.7 Å². The van der Waals surface area contributed by atoms with E-state index < -0.39 is 56.0 Å². The van der Waals surface area contributed by atoms with Crippen molar-refractivity contribution in [2.45, 2.75) is 118 Å². The first-order valence-corrected chi connectivity index (χ1v) is 20.2. The van der Waals surface area contributed by atoms with Gasteiger partial charge in [-0.25, -0.2) is 9.55 Å². The summed E-state index contributed by atoms with van der Waals surface area (Å²) in [5.74, 6) is -1.61. The second-order valence-corrected chi connectivity index (χ2v) is 19.9. The Morgan fingerprint density at radius 1 is 1.05 bits per heavy atom. The van der Waals surface area contributed by atoms with E-state index in [4.69, 9.17) is 29.0 Å². The minimum Gasteiger partial charge on any atom is -0.479 e. The molecule has 15 nitrogen and oxygen atoms in total. The summed E-state index contributed by atoms with van der Waals surface area (Å²) in [6.07, 6.45) is -1.47.